The van der Waals surface area contributed by atoms with Crippen molar-refractivity contribution in [2.75, 3.05) is 32.7 Å². The second kappa shape index (κ2) is 10.9. The van der Waals surface area contributed by atoms with Crippen LogP contribution in [-0.4, -0.2) is 68.8 Å². The van der Waals surface area contributed by atoms with E-state index in [2.05, 4.69) is 10.2 Å². The van der Waals surface area contributed by atoms with Crippen LogP contribution >= 0.6 is 0 Å². The first-order valence-corrected chi connectivity index (χ1v) is 12.7. The summed E-state index contributed by atoms with van der Waals surface area (Å²) >= 11 is 0. The van der Waals surface area contributed by atoms with Crippen molar-refractivity contribution in [2.24, 2.45) is 5.14 Å². The Hall–Kier alpha value is -2.75. The van der Waals surface area contributed by atoms with Crippen molar-refractivity contribution in [1.29, 1.82) is 0 Å². The first kappa shape index (κ1) is 24.9. The number of nitrogens with two attached hydrogens (primary N) is 1. The van der Waals surface area contributed by atoms with Crippen molar-refractivity contribution in [2.45, 2.75) is 37.6 Å². The Labute approximate surface area is 195 Å². The van der Waals surface area contributed by atoms with Gasteiger partial charge in [0, 0.05) is 32.7 Å². The summed E-state index contributed by atoms with van der Waals surface area (Å²) in [5.41, 5.74) is 3.09. The SMILES string of the molecule is Cc1ccccc1CC(=O)N1CCN(C(C)C(=O)NCCc2ccc(S(N)(=O)=O)cc2)CC1. The fraction of sp³-hybridized carbons (Fsp3) is 0.417. The van der Waals surface area contributed by atoms with E-state index in [0.717, 1.165) is 16.7 Å². The van der Waals surface area contributed by atoms with Crippen LogP contribution < -0.4 is 10.5 Å². The zero-order valence-corrected chi connectivity index (χ0v) is 20.0. The number of nitrogens with one attached hydrogen (secondary N) is 1. The molecule has 1 heterocycles. The Kier molecular flexibility index (Phi) is 8.23. The molecule has 3 N–H and O–H groups in total. The second-order valence-corrected chi connectivity index (χ2v) is 9.99. The Balaban J connectivity index is 1.41. The molecule has 1 atom stereocenters. The molecule has 0 saturated carbocycles. The van der Waals surface area contributed by atoms with Crippen LogP contribution in [0.1, 0.15) is 23.6 Å². The zero-order chi connectivity index (χ0) is 24.0. The van der Waals surface area contributed by atoms with Crippen molar-refractivity contribution in [3.63, 3.8) is 0 Å². The van der Waals surface area contributed by atoms with Gasteiger partial charge < -0.3 is 10.2 Å². The molecule has 0 bridgehead atoms. The minimum absolute atomic E-state index is 0.0594. The summed E-state index contributed by atoms with van der Waals surface area (Å²) in [4.78, 5) is 29.3. The van der Waals surface area contributed by atoms with Crippen molar-refractivity contribution in [1.82, 2.24) is 15.1 Å². The molecule has 0 aliphatic carbocycles. The predicted octanol–water partition coefficient (Wildman–Crippen LogP) is 1.08. The molecule has 1 aliphatic heterocycles. The van der Waals surface area contributed by atoms with Gasteiger partial charge in [0.05, 0.1) is 17.4 Å². The summed E-state index contributed by atoms with van der Waals surface area (Å²) in [6, 6.07) is 14.0. The third-order valence-electron chi connectivity index (χ3n) is 6.16. The summed E-state index contributed by atoms with van der Waals surface area (Å²) in [7, 11) is -3.70. The molecule has 2 amide bonds. The molecule has 33 heavy (non-hydrogen) atoms. The number of piperazine rings is 1. The van der Waals surface area contributed by atoms with Crippen LogP contribution in [0.2, 0.25) is 0 Å². The maximum absolute atomic E-state index is 12.7. The largest absolute Gasteiger partial charge is 0.354 e. The average molecular weight is 473 g/mol. The summed E-state index contributed by atoms with van der Waals surface area (Å²) < 4.78 is 22.6. The Bertz CT molecular complexity index is 1080. The smallest absolute Gasteiger partial charge is 0.238 e. The summed E-state index contributed by atoms with van der Waals surface area (Å²) in [5.74, 6) is 0.0605. The normalized spacial score (nSPS) is 15.8. The summed E-state index contributed by atoms with van der Waals surface area (Å²) in [5, 5.41) is 8.05. The van der Waals surface area contributed by atoms with E-state index in [1.807, 2.05) is 43.0 Å². The highest BCUT2D eigenvalue weighted by atomic mass is 32.2. The van der Waals surface area contributed by atoms with Gasteiger partial charge in [0.15, 0.2) is 0 Å². The number of carbonyl (C=O) groups is 2. The molecule has 3 rings (SSSR count). The second-order valence-electron chi connectivity index (χ2n) is 8.43. The number of aryl methyl sites for hydroxylation is 1. The molecule has 0 spiro atoms. The van der Waals surface area contributed by atoms with E-state index in [4.69, 9.17) is 5.14 Å². The van der Waals surface area contributed by atoms with Crippen LogP contribution in [0.4, 0.5) is 0 Å². The Morgan fingerprint density at radius 1 is 1.03 bits per heavy atom. The first-order valence-electron chi connectivity index (χ1n) is 11.1. The van der Waals surface area contributed by atoms with Crippen LogP contribution in [-0.2, 0) is 32.5 Å². The molecule has 1 saturated heterocycles. The fourth-order valence-electron chi connectivity index (χ4n) is 3.93. The average Bonchev–Trinajstić information content (AvgIpc) is 2.80. The van der Waals surface area contributed by atoms with Crippen molar-refractivity contribution >= 4 is 21.8 Å². The van der Waals surface area contributed by atoms with Gasteiger partial charge in [0.1, 0.15) is 0 Å². The number of amides is 2. The van der Waals surface area contributed by atoms with Gasteiger partial charge in [0.2, 0.25) is 21.8 Å². The number of primary sulfonamides is 1. The Morgan fingerprint density at radius 2 is 1.67 bits per heavy atom. The standard InChI is InChI=1S/C24H32N4O4S/c1-18-5-3-4-6-21(18)17-23(29)28-15-13-27(14-16-28)19(2)24(30)26-12-11-20-7-9-22(10-8-20)33(25,31)32/h3-10,19H,11-17H2,1-2H3,(H,26,30)(H2,25,31,32). The molecule has 178 valence electrons. The number of carbonyl (C=O) groups excluding carboxylic acids is 2. The zero-order valence-electron chi connectivity index (χ0n) is 19.2. The van der Waals surface area contributed by atoms with Gasteiger partial charge in [-0.3, -0.25) is 14.5 Å². The van der Waals surface area contributed by atoms with Gasteiger partial charge >= 0.3 is 0 Å². The lowest BCUT2D eigenvalue weighted by Gasteiger charge is -2.37. The van der Waals surface area contributed by atoms with Crippen molar-refractivity contribution in [3.05, 3.63) is 65.2 Å². The molecule has 9 heteroatoms. The Morgan fingerprint density at radius 3 is 2.27 bits per heavy atom. The van der Waals surface area contributed by atoms with E-state index in [0.29, 0.717) is 45.6 Å². The summed E-state index contributed by atoms with van der Waals surface area (Å²) in [6.45, 7) is 6.87. The minimum atomic E-state index is -3.70. The third kappa shape index (κ3) is 6.86. The number of benzene rings is 2. The number of hydrogen-bond acceptors (Lipinski definition) is 5. The lowest BCUT2D eigenvalue weighted by Crippen LogP contribution is -2.55. The van der Waals surface area contributed by atoms with Gasteiger partial charge in [-0.1, -0.05) is 36.4 Å². The van der Waals surface area contributed by atoms with Gasteiger partial charge in [0.25, 0.3) is 0 Å². The van der Waals surface area contributed by atoms with Crippen LogP contribution in [0.25, 0.3) is 0 Å². The molecule has 0 aromatic heterocycles. The quantitative estimate of drug-likeness (QED) is 0.597. The van der Waals surface area contributed by atoms with E-state index in [9.17, 15) is 18.0 Å². The maximum atomic E-state index is 12.7. The number of sulfonamides is 1. The molecule has 0 radical (unpaired) electrons. The molecule has 1 fully saturated rings. The highest BCUT2D eigenvalue weighted by Gasteiger charge is 2.27. The van der Waals surface area contributed by atoms with E-state index in [-0.39, 0.29) is 22.8 Å². The fourth-order valence-corrected chi connectivity index (χ4v) is 4.45. The van der Waals surface area contributed by atoms with E-state index < -0.39 is 10.0 Å². The highest BCUT2D eigenvalue weighted by molar-refractivity contribution is 7.89. The van der Waals surface area contributed by atoms with Gasteiger partial charge in [-0.05, 0) is 49.1 Å². The van der Waals surface area contributed by atoms with Gasteiger partial charge in [-0.2, -0.15) is 0 Å². The third-order valence-corrected chi connectivity index (χ3v) is 7.09. The van der Waals surface area contributed by atoms with Crippen LogP contribution in [0, 0.1) is 6.92 Å². The number of hydrogen-bond donors (Lipinski definition) is 2. The lowest BCUT2D eigenvalue weighted by atomic mass is 10.0. The van der Waals surface area contributed by atoms with Crippen LogP contribution in [0.15, 0.2) is 53.4 Å². The van der Waals surface area contributed by atoms with Gasteiger partial charge in [-0.25, -0.2) is 13.6 Å². The van der Waals surface area contributed by atoms with Gasteiger partial charge in [-0.15, -0.1) is 0 Å². The number of rotatable bonds is 8. The summed E-state index contributed by atoms with van der Waals surface area (Å²) in [6.07, 6.45) is 0.992. The predicted molar refractivity (Wildman–Crippen MR) is 127 cm³/mol. The molecular weight excluding hydrogens is 440 g/mol. The van der Waals surface area contributed by atoms with E-state index in [1.54, 1.807) is 12.1 Å². The van der Waals surface area contributed by atoms with Crippen LogP contribution in [0.5, 0.6) is 0 Å². The highest BCUT2D eigenvalue weighted by Crippen LogP contribution is 2.13. The molecule has 1 unspecified atom stereocenters. The van der Waals surface area contributed by atoms with Crippen molar-refractivity contribution in [3.8, 4) is 0 Å². The first-order chi connectivity index (χ1) is 15.6. The monoisotopic (exact) mass is 472 g/mol. The molecule has 1 aliphatic rings. The maximum Gasteiger partial charge on any atom is 0.238 e. The molecule has 2 aromatic rings. The van der Waals surface area contributed by atoms with E-state index >= 15 is 0 Å². The lowest BCUT2D eigenvalue weighted by molar-refractivity contribution is -0.133. The number of nitrogens with zero attached hydrogens (tertiary/aromatic N) is 2. The molecule has 8 nitrogen and oxygen atoms in total. The van der Waals surface area contributed by atoms with Crippen molar-refractivity contribution < 1.29 is 18.0 Å². The van der Waals surface area contributed by atoms with Crippen LogP contribution in [0.3, 0.4) is 0 Å². The molecule has 2 aromatic carbocycles. The topological polar surface area (TPSA) is 113 Å². The minimum Gasteiger partial charge on any atom is -0.354 e. The van der Waals surface area contributed by atoms with E-state index in [1.165, 1.54) is 12.1 Å². The molecular formula is C24H32N4O4S.